The van der Waals surface area contributed by atoms with E-state index in [2.05, 4.69) is 24.4 Å². The lowest BCUT2D eigenvalue weighted by molar-refractivity contribution is 0.175. The maximum absolute atomic E-state index is 13.8. The first kappa shape index (κ1) is 20.6. The summed E-state index contributed by atoms with van der Waals surface area (Å²) in [5.41, 5.74) is 1.73. The van der Waals surface area contributed by atoms with Gasteiger partial charge in [0, 0.05) is 31.5 Å². The van der Waals surface area contributed by atoms with Crippen LogP contribution in [0.1, 0.15) is 31.7 Å². The largest absolute Gasteiger partial charge is 0.324 e. The van der Waals surface area contributed by atoms with Gasteiger partial charge in [0.25, 0.3) is 0 Å². The number of urea groups is 1. The average Bonchev–Trinajstić information content (AvgIpc) is 3.13. The van der Waals surface area contributed by atoms with Crippen LogP contribution in [0.2, 0.25) is 0 Å². The molecule has 4 rings (SSSR count). The number of halogens is 1. The third kappa shape index (κ3) is 4.41. The van der Waals surface area contributed by atoms with Gasteiger partial charge >= 0.3 is 6.03 Å². The molecule has 2 amide bonds. The Morgan fingerprint density at radius 2 is 1.80 bits per heavy atom. The second kappa shape index (κ2) is 9.00. The van der Waals surface area contributed by atoms with Crippen LogP contribution in [0.15, 0.2) is 64.6 Å². The van der Waals surface area contributed by atoms with Crippen LogP contribution in [-0.2, 0) is 0 Å². The molecule has 30 heavy (non-hydrogen) atoms. The second-order valence-corrected chi connectivity index (χ2v) is 8.55. The van der Waals surface area contributed by atoms with Gasteiger partial charge in [-0.05, 0) is 24.3 Å². The summed E-state index contributed by atoms with van der Waals surface area (Å²) >= 11 is 1.75. The third-order valence-electron chi connectivity index (χ3n) is 5.29. The van der Waals surface area contributed by atoms with Gasteiger partial charge in [0.15, 0.2) is 5.66 Å². The number of nitrogens with zero attached hydrogens (tertiary/aromatic N) is 3. The molecule has 1 saturated heterocycles. The number of benzene rings is 2. The first-order valence-corrected chi connectivity index (χ1v) is 11.3. The summed E-state index contributed by atoms with van der Waals surface area (Å²) in [6.45, 7) is 3.21. The highest BCUT2D eigenvalue weighted by Crippen LogP contribution is 2.36. The molecular formula is C23H25FN4OS. The van der Waals surface area contributed by atoms with Crippen molar-refractivity contribution in [3.8, 4) is 0 Å². The molecule has 1 fully saturated rings. The lowest BCUT2D eigenvalue weighted by Crippen LogP contribution is -2.46. The molecule has 5 nitrogen and oxygen atoms in total. The van der Waals surface area contributed by atoms with Crippen molar-refractivity contribution in [2.45, 2.75) is 31.8 Å². The SMILES string of the molecule is CCCSC1=NC2(CCN(C(=O)Nc3ccccc3F)CC2)N=C1c1ccccc1. The lowest BCUT2D eigenvalue weighted by atomic mass is 9.98. The number of rotatable bonds is 4. The van der Waals surface area contributed by atoms with Crippen molar-refractivity contribution in [3.05, 3.63) is 66.0 Å². The van der Waals surface area contributed by atoms with E-state index in [9.17, 15) is 9.18 Å². The average molecular weight is 425 g/mol. The van der Waals surface area contributed by atoms with Crippen LogP contribution >= 0.6 is 11.8 Å². The molecule has 1 N–H and O–H groups in total. The zero-order chi connectivity index (χ0) is 21.0. The van der Waals surface area contributed by atoms with E-state index in [1.54, 1.807) is 34.9 Å². The molecule has 0 bridgehead atoms. The Morgan fingerprint density at radius 1 is 1.10 bits per heavy atom. The van der Waals surface area contributed by atoms with Gasteiger partial charge in [-0.2, -0.15) is 0 Å². The first-order chi connectivity index (χ1) is 14.6. The number of hydrogen-bond donors (Lipinski definition) is 1. The Bertz CT molecular complexity index is 968. The number of amides is 2. The van der Waals surface area contributed by atoms with Gasteiger partial charge in [0.1, 0.15) is 10.9 Å². The molecule has 0 aliphatic carbocycles. The number of piperidine rings is 1. The number of aliphatic imine (C=N–C) groups is 2. The fourth-order valence-corrected chi connectivity index (χ4v) is 4.59. The summed E-state index contributed by atoms with van der Waals surface area (Å²) in [7, 11) is 0. The van der Waals surface area contributed by atoms with E-state index in [1.165, 1.54) is 6.07 Å². The Balaban J connectivity index is 1.47. The van der Waals surface area contributed by atoms with Crippen molar-refractivity contribution in [2.24, 2.45) is 9.98 Å². The minimum absolute atomic E-state index is 0.198. The van der Waals surface area contributed by atoms with Crippen molar-refractivity contribution < 1.29 is 9.18 Å². The zero-order valence-electron chi connectivity index (χ0n) is 17.0. The van der Waals surface area contributed by atoms with Gasteiger partial charge in [-0.3, -0.25) is 4.99 Å². The van der Waals surface area contributed by atoms with Crippen molar-refractivity contribution in [1.82, 2.24) is 4.90 Å². The van der Waals surface area contributed by atoms with Crippen molar-refractivity contribution >= 4 is 34.2 Å². The predicted molar refractivity (Wildman–Crippen MR) is 122 cm³/mol. The molecule has 2 aliphatic heterocycles. The molecule has 156 valence electrons. The Morgan fingerprint density at radius 3 is 2.50 bits per heavy atom. The summed E-state index contributed by atoms with van der Waals surface area (Å²) in [5.74, 6) is 0.562. The fraction of sp³-hybridized carbons (Fsp3) is 0.348. The van der Waals surface area contributed by atoms with Crippen LogP contribution in [0.25, 0.3) is 0 Å². The molecule has 2 aromatic rings. The number of carbonyl (C=O) groups excluding carboxylic acids is 1. The van der Waals surface area contributed by atoms with E-state index in [4.69, 9.17) is 9.98 Å². The maximum Gasteiger partial charge on any atom is 0.321 e. The summed E-state index contributed by atoms with van der Waals surface area (Å²) in [6.07, 6.45) is 2.39. The smallest absolute Gasteiger partial charge is 0.321 e. The van der Waals surface area contributed by atoms with E-state index in [0.717, 1.165) is 28.5 Å². The van der Waals surface area contributed by atoms with Crippen LogP contribution in [0, 0.1) is 5.82 Å². The standard InChI is InChI=1S/C23H25FN4OS/c1-2-16-30-21-20(17-8-4-3-5-9-17)26-23(27-21)12-14-28(15-13-23)22(29)25-19-11-7-6-10-18(19)24/h3-11H,2,12-16H2,1H3,(H,25,29). The predicted octanol–water partition coefficient (Wildman–Crippen LogP) is 5.19. The van der Waals surface area contributed by atoms with Gasteiger partial charge in [-0.1, -0.05) is 49.4 Å². The van der Waals surface area contributed by atoms with E-state index in [1.807, 2.05) is 18.2 Å². The van der Waals surface area contributed by atoms with Crippen molar-refractivity contribution in [2.75, 3.05) is 24.2 Å². The van der Waals surface area contributed by atoms with E-state index in [-0.39, 0.29) is 11.7 Å². The van der Waals surface area contributed by atoms with Gasteiger partial charge in [-0.25, -0.2) is 14.2 Å². The van der Waals surface area contributed by atoms with Crippen LogP contribution < -0.4 is 5.32 Å². The van der Waals surface area contributed by atoms with Gasteiger partial charge in [0.2, 0.25) is 0 Å². The topological polar surface area (TPSA) is 57.1 Å². The molecule has 0 aromatic heterocycles. The number of thioether (sulfide) groups is 1. The van der Waals surface area contributed by atoms with E-state index in [0.29, 0.717) is 25.9 Å². The highest BCUT2D eigenvalue weighted by Gasteiger charge is 2.40. The van der Waals surface area contributed by atoms with Gasteiger partial charge in [0.05, 0.1) is 11.4 Å². The zero-order valence-corrected chi connectivity index (χ0v) is 17.8. The monoisotopic (exact) mass is 424 g/mol. The molecular weight excluding hydrogens is 399 g/mol. The minimum atomic E-state index is -0.504. The van der Waals surface area contributed by atoms with E-state index < -0.39 is 11.5 Å². The van der Waals surface area contributed by atoms with Gasteiger partial charge < -0.3 is 10.2 Å². The number of anilines is 1. The molecule has 7 heteroatoms. The number of carbonyl (C=O) groups is 1. The number of nitrogens with one attached hydrogen (secondary N) is 1. The highest BCUT2D eigenvalue weighted by molar-refractivity contribution is 8.15. The van der Waals surface area contributed by atoms with Crippen LogP contribution in [0.3, 0.4) is 0 Å². The number of para-hydroxylation sites is 1. The number of likely N-dealkylation sites (tertiary alicyclic amines) is 1. The fourth-order valence-electron chi connectivity index (χ4n) is 3.65. The molecule has 2 aromatic carbocycles. The Kier molecular flexibility index (Phi) is 6.18. The van der Waals surface area contributed by atoms with Crippen LogP contribution in [0.5, 0.6) is 0 Å². The molecule has 0 atom stereocenters. The van der Waals surface area contributed by atoms with Crippen molar-refractivity contribution in [3.63, 3.8) is 0 Å². The highest BCUT2D eigenvalue weighted by atomic mass is 32.2. The Hall–Kier alpha value is -2.67. The second-order valence-electron chi connectivity index (χ2n) is 7.47. The summed E-state index contributed by atoms with van der Waals surface area (Å²) in [5, 5.41) is 3.66. The third-order valence-corrected chi connectivity index (χ3v) is 6.46. The van der Waals surface area contributed by atoms with Gasteiger partial charge in [-0.15, -0.1) is 11.8 Å². The summed E-state index contributed by atoms with van der Waals surface area (Å²) < 4.78 is 13.8. The lowest BCUT2D eigenvalue weighted by Gasteiger charge is -2.35. The first-order valence-electron chi connectivity index (χ1n) is 10.3. The molecule has 0 unspecified atom stereocenters. The quantitative estimate of drug-likeness (QED) is 0.734. The molecule has 0 saturated carbocycles. The normalized spacial score (nSPS) is 17.6. The van der Waals surface area contributed by atoms with E-state index >= 15 is 0 Å². The Labute approximate surface area is 180 Å². The number of hydrogen-bond acceptors (Lipinski definition) is 4. The molecule has 2 aliphatic rings. The minimum Gasteiger partial charge on any atom is -0.324 e. The molecule has 1 spiro atoms. The molecule has 2 heterocycles. The summed E-state index contributed by atoms with van der Waals surface area (Å²) in [6, 6.07) is 16.1. The summed E-state index contributed by atoms with van der Waals surface area (Å²) in [4.78, 5) is 24.4. The molecule has 0 radical (unpaired) electrons. The van der Waals surface area contributed by atoms with Crippen molar-refractivity contribution in [1.29, 1.82) is 0 Å². The maximum atomic E-state index is 13.8. The van der Waals surface area contributed by atoms with Crippen LogP contribution in [0.4, 0.5) is 14.9 Å². The van der Waals surface area contributed by atoms with Crippen LogP contribution in [-0.4, -0.2) is 46.2 Å².